The van der Waals surface area contributed by atoms with Gasteiger partial charge in [-0.15, -0.1) is 0 Å². The summed E-state index contributed by atoms with van der Waals surface area (Å²) in [7, 11) is 5.61. The number of aliphatic hydroxyl groups excluding tert-OH is 1. The maximum atomic E-state index is 9.66. The Morgan fingerprint density at radius 2 is 2.11 bits per heavy atom. The van der Waals surface area contributed by atoms with E-state index in [0.29, 0.717) is 26.2 Å². The molecule has 5 rings (SSSR count). The lowest BCUT2D eigenvalue weighted by molar-refractivity contribution is 0.146. The molecule has 1 aliphatic rings. The van der Waals surface area contributed by atoms with Gasteiger partial charge in [0.05, 0.1) is 54.1 Å². The van der Waals surface area contributed by atoms with Crippen molar-refractivity contribution in [3.05, 3.63) is 47.0 Å². The Morgan fingerprint density at radius 3 is 2.91 bits per heavy atom. The lowest BCUT2D eigenvalue weighted by Crippen LogP contribution is -2.32. The van der Waals surface area contributed by atoms with Crippen LogP contribution >= 0.6 is 0 Å². The lowest BCUT2D eigenvalue weighted by Gasteiger charge is -2.23. The molecule has 10 nitrogen and oxygen atoms in total. The molecule has 0 radical (unpaired) electrons. The van der Waals surface area contributed by atoms with Crippen LogP contribution < -0.4 is 4.74 Å². The van der Waals surface area contributed by atoms with Gasteiger partial charge in [0.15, 0.2) is 0 Å². The van der Waals surface area contributed by atoms with Gasteiger partial charge in [-0.05, 0) is 43.8 Å². The fourth-order valence-corrected chi connectivity index (χ4v) is 4.69. The second kappa shape index (κ2) is 9.65. The number of fused-ring (bicyclic) bond motifs is 4. The molecule has 1 aliphatic heterocycles. The van der Waals surface area contributed by atoms with Crippen molar-refractivity contribution >= 4 is 23.1 Å². The number of aromatic amines is 1. The van der Waals surface area contributed by atoms with Gasteiger partial charge in [-0.1, -0.05) is 6.07 Å². The van der Waals surface area contributed by atoms with Crippen LogP contribution in [0.25, 0.3) is 34.2 Å². The average molecular weight is 478 g/mol. The predicted octanol–water partition coefficient (Wildman–Crippen LogP) is 2.68. The fourth-order valence-electron chi connectivity index (χ4n) is 4.69. The van der Waals surface area contributed by atoms with Crippen LogP contribution in [0.3, 0.4) is 0 Å². The molecule has 3 aromatic heterocycles. The number of likely N-dealkylation sites (N-methyl/N-ethyl adjacent to an activating group) is 1. The quantitative estimate of drug-likeness (QED) is 0.465. The standard InChI is InChI=1S/C25H31N7O3/c1-16-13-30(2)14-24-18(23(15-34-4)29-32(24)9-10-33)6-8-22-19-11-17(5-7-21(19)27-28-22)20-12-26-31(3)25(20)35-16/h5-8,11-12,16,33H,9-10,13-15H2,1-4H3,(H,27,28)/b8-6+. The first-order valence-electron chi connectivity index (χ1n) is 11.7. The number of H-pyrrole nitrogens is 1. The van der Waals surface area contributed by atoms with E-state index in [1.807, 2.05) is 36.1 Å². The van der Waals surface area contributed by atoms with Crippen molar-refractivity contribution in [2.24, 2.45) is 7.05 Å². The number of aliphatic hydroxyl groups is 1. The third kappa shape index (κ3) is 4.47. The summed E-state index contributed by atoms with van der Waals surface area (Å²) in [6.07, 6.45) is 5.86. The first-order chi connectivity index (χ1) is 17.0. The molecule has 10 heteroatoms. The summed E-state index contributed by atoms with van der Waals surface area (Å²) in [5, 5.41) is 27.5. The molecule has 4 heterocycles. The van der Waals surface area contributed by atoms with Crippen molar-refractivity contribution in [1.82, 2.24) is 34.7 Å². The molecule has 1 aromatic carbocycles. The summed E-state index contributed by atoms with van der Waals surface area (Å²) in [4.78, 5) is 2.20. The number of rotatable bonds is 4. The number of aromatic nitrogens is 6. The van der Waals surface area contributed by atoms with E-state index in [4.69, 9.17) is 14.6 Å². The predicted molar refractivity (Wildman–Crippen MR) is 134 cm³/mol. The van der Waals surface area contributed by atoms with E-state index in [1.54, 1.807) is 11.8 Å². The molecule has 0 saturated heterocycles. The first-order valence-corrected chi connectivity index (χ1v) is 11.7. The summed E-state index contributed by atoms with van der Waals surface area (Å²) >= 11 is 0. The minimum atomic E-state index is -0.0841. The van der Waals surface area contributed by atoms with Crippen molar-refractivity contribution < 1.29 is 14.6 Å². The topological polar surface area (TPSA) is 106 Å². The van der Waals surface area contributed by atoms with Gasteiger partial charge in [-0.3, -0.25) is 14.7 Å². The molecule has 0 spiro atoms. The third-order valence-electron chi connectivity index (χ3n) is 6.26. The molecule has 0 fully saturated rings. The van der Waals surface area contributed by atoms with Crippen molar-refractivity contribution in [3.8, 4) is 17.0 Å². The second-order valence-corrected chi connectivity index (χ2v) is 9.00. The van der Waals surface area contributed by atoms with Gasteiger partial charge in [0, 0.05) is 38.2 Å². The maximum Gasteiger partial charge on any atom is 0.219 e. The van der Waals surface area contributed by atoms with Crippen LogP contribution in [0.5, 0.6) is 5.88 Å². The van der Waals surface area contributed by atoms with Crippen LogP contribution in [0.2, 0.25) is 0 Å². The van der Waals surface area contributed by atoms with E-state index in [-0.39, 0.29) is 12.7 Å². The zero-order valence-corrected chi connectivity index (χ0v) is 20.5. The van der Waals surface area contributed by atoms with Gasteiger partial charge in [0.25, 0.3) is 0 Å². The van der Waals surface area contributed by atoms with Crippen molar-refractivity contribution in [2.75, 3.05) is 27.3 Å². The van der Waals surface area contributed by atoms with E-state index in [0.717, 1.165) is 50.6 Å². The van der Waals surface area contributed by atoms with Crippen LogP contribution in [-0.2, 0) is 31.5 Å². The molecular formula is C25H31N7O3. The van der Waals surface area contributed by atoms with E-state index in [1.165, 1.54) is 0 Å². The molecule has 0 amide bonds. The number of methoxy groups -OCH3 is 1. The van der Waals surface area contributed by atoms with Crippen molar-refractivity contribution in [1.29, 1.82) is 0 Å². The van der Waals surface area contributed by atoms with Crippen LogP contribution in [0.1, 0.15) is 29.6 Å². The Hall–Kier alpha value is -3.47. The first kappa shape index (κ1) is 23.3. The third-order valence-corrected chi connectivity index (χ3v) is 6.26. The van der Waals surface area contributed by atoms with E-state index in [9.17, 15) is 5.11 Å². The molecule has 2 bridgehead atoms. The Balaban J connectivity index is 1.69. The summed E-state index contributed by atoms with van der Waals surface area (Å²) < 4.78 is 15.5. The number of ether oxygens (including phenoxy) is 2. The molecule has 4 aromatic rings. The Morgan fingerprint density at radius 1 is 1.26 bits per heavy atom. The van der Waals surface area contributed by atoms with Gasteiger partial charge in [0.1, 0.15) is 6.10 Å². The Kier molecular flexibility index (Phi) is 6.42. The average Bonchev–Trinajstić information content (AvgIpc) is 3.49. The summed E-state index contributed by atoms with van der Waals surface area (Å²) in [6.45, 7) is 4.18. The van der Waals surface area contributed by atoms with E-state index in [2.05, 4.69) is 46.3 Å². The molecule has 35 heavy (non-hydrogen) atoms. The van der Waals surface area contributed by atoms with Gasteiger partial charge >= 0.3 is 0 Å². The monoisotopic (exact) mass is 477 g/mol. The van der Waals surface area contributed by atoms with Crippen LogP contribution in [-0.4, -0.2) is 73.2 Å². The van der Waals surface area contributed by atoms with Gasteiger partial charge in [-0.2, -0.15) is 15.3 Å². The maximum absolute atomic E-state index is 9.66. The molecule has 1 unspecified atom stereocenters. The van der Waals surface area contributed by atoms with Crippen molar-refractivity contribution in [2.45, 2.75) is 32.7 Å². The molecule has 2 N–H and O–H groups in total. The zero-order valence-electron chi connectivity index (χ0n) is 20.5. The molecule has 0 saturated carbocycles. The van der Waals surface area contributed by atoms with Crippen LogP contribution in [0, 0.1) is 0 Å². The highest BCUT2D eigenvalue weighted by atomic mass is 16.5. The molecule has 1 atom stereocenters. The highest BCUT2D eigenvalue weighted by Crippen LogP contribution is 2.33. The smallest absolute Gasteiger partial charge is 0.219 e. The van der Waals surface area contributed by atoms with Crippen molar-refractivity contribution in [3.63, 3.8) is 0 Å². The second-order valence-electron chi connectivity index (χ2n) is 9.00. The fraction of sp³-hybridized carbons (Fsp3) is 0.400. The summed E-state index contributed by atoms with van der Waals surface area (Å²) in [6, 6.07) is 6.17. The molecular weight excluding hydrogens is 446 g/mol. The number of hydrogen-bond donors (Lipinski definition) is 2. The SMILES string of the molecule is COCc1nn(CCO)c2c1/C=C/c1[nH]nc3ccc(cc13)-c1cnn(C)c1OC(C)CN(C)C2. The number of nitrogens with one attached hydrogen (secondary N) is 1. The van der Waals surface area contributed by atoms with Gasteiger partial charge in [-0.25, -0.2) is 4.68 Å². The van der Waals surface area contributed by atoms with E-state index >= 15 is 0 Å². The number of hydrogen-bond acceptors (Lipinski definition) is 7. The van der Waals surface area contributed by atoms with E-state index < -0.39 is 0 Å². The number of nitrogens with zero attached hydrogens (tertiary/aromatic N) is 6. The van der Waals surface area contributed by atoms with Crippen LogP contribution in [0.15, 0.2) is 24.4 Å². The summed E-state index contributed by atoms with van der Waals surface area (Å²) in [5.74, 6) is 0.731. The minimum Gasteiger partial charge on any atom is -0.473 e. The largest absolute Gasteiger partial charge is 0.473 e. The lowest BCUT2D eigenvalue weighted by atomic mass is 10.0. The zero-order chi connectivity index (χ0) is 24.5. The van der Waals surface area contributed by atoms with Gasteiger partial charge < -0.3 is 14.6 Å². The highest BCUT2D eigenvalue weighted by molar-refractivity contribution is 5.93. The Labute approximate surface area is 203 Å². The Bertz CT molecular complexity index is 1370. The normalized spacial score (nSPS) is 17.6. The highest BCUT2D eigenvalue weighted by Gasteiger charge is 2.21. The number of aryl methyl sites for hydroxylation is 1. The van der Waals surface area contributed by atoms with Gasteiger partial charge in [0.2, 0.25) is 5.88 Å². The molecule has 0 aliphatic carbocycles. The number of benzene rings is 1. The minimum absolute atomic E-state index is 0.00468. The molecule has 184 valence electrons. The summed E-state index contributed by atoms with van der Waals surface area (Å²) in [5.41, 5.74) is 6.57. The van der Waals surface area contributed by atoms with Crippen LogP contribution in [0.4, 0.5) is 0 Å².